The molecule has 8 heteroatoms. The lowest BCUT2D eigenvalue weighted by molar-refractivity contribution is -0.139. The minimum Gasteiger partial charge on any atom is -0.480 e. The molecule has 118 valence electrons. The van der Waals surface area contributed by atoms with Crippen LogP contribution in [0.25, 0.3) is 10.4 Å². The molecule has 0 aliphatic carbocycles. The van der Waals surface area contributed by atoms with Crippen LogP contribution in [0.4, 0.5) is 4.79 Å². The van der Waals surface area contributed by atoms with Crippen molar-refractivity contribution in [2.24, 2.45) is 5.11 Å². The van der Waals surface area contributed by atoms with Gasteiger partial charge in [0.05, 0.1) is 0 Å². The van der Waals surface area contributed by atoms with E-state index in [-0.39, 0.29) is 13.0 Å². The van der Waals surface area contributed by atoms with Crippen LogP contribution in [-0.4, -0.2) is 29.8 Å². The SMILES string of the molecule is [N-]=[N+]=NCCCC[C@H](NC(=O)OCc1ccccc1)C(=O)O. The van der Waals surface area contributed by atoms with E-state index >= 15 is 0 Å². The zero-order valence-electron chi connectivity index (χ0n) is 12.0. The van der Waals surface area contributed by atoms with Gasteiger partial charge >= 0.3 is 12.1 Å². The zero-order valence-corrected chi connectivity index (χ0v) is 12.0. The molecular weight excluding hydrogens is 288 g/mol. The van der Waals surface area contributed by atoms with Crippen LogP contribution in [0.3, 0.4) is 0 Å². The second-order valence-electron chi connectivity index (χ2n) is 4.55. The molecular formula is C14H18N4O4. The molecule has 1 aromatic rings. The van der Waals surface area contributed by atoms with Gasteiger partial charge in [-0.25, -0.2) is 9.59 Å². The molecule has 8 nitrogen and oxygen atoms in total. The van der Waals surface area contributed by atoms with Crippen LogP contribution in [0.2, 0.25) is 0 Å². The molecule has 0 heterocycles. The van der Waals surface area contributed by atoms with Gasteiger partial charge in [0, 0.05) is 11.5 Å². The van der Waals surface area contributed by atoms with Crippen LogP contribution in [0.1, 0.15) is 24.8 Å². The highest BCUT2D eigenvalue weighted by Crippen LogP contribution is 2.04. The van der Waals surface area contributed by atoms with Crippen LogP contribution in [0.15, 0.2) is 35.4 Å². The summed E-state index contributed by atoms with van der Waals surface area (Å²) in [5.41, 5.74) is 8.94. The number of aliphatic carboxylic acids is 1. The normalized spacial score (nSPS) is 11.1. The number of carboxylic acid groups (broad SMARTS) is 1. The Labute approximate surface area is 127 Å². The molecule has 0 spiro atoms. The highest BCUT2D eigenvalue weighted by molar-refractivity contribution is 5.79. The van der Waals surface area contributed by atoms with E-state index in [9.17, 15) is 9.59 Å². The first-order chi connectivity index (χ1) is 10.6. The number of unbranched alkanes of at least 4 members (excludes halogenated alkanes) is 1. The standard InChI is InChI=1S/C14H18N4O4/c15-18-16-9-5-4-8-12(13(19)20)17-14(21)22-10-11-6-2-1-3-7-11/h1-3,6-7,12H,4-5,8-10H2,(H,17,21)(H,19,20)/t12-/m0/s1. The summed E-state index contributed by atoms with van der Waals surface area (Å²) in [4.78, 5) is 25.3. The van der Waals surface area contributed by atoms with Gasteiger partial charge in [0.2, 0.25) is 0 Å². The fourth-order valence-corrected chi connectivity index (χ4v) is 1.74. The van der Waals surface area contributed by atoms with Crippen molar-refractivity contribution in [3.63, 3.8) is 0 Å². The minimum atomic E-state index is -1.12. The Morgan fingerprint density at radius 3 is 2.68 bits per heavy atom. The number of benzene rings is 1. The number of carbonyl (C=O) groups is 2. The van der Waals surface area contributed by atoms with Crippen LogP contribution >= 0.6 is 0 Å². The van der Waals surface area contributed by atoms with Gasteiger partial charge in [-0.3, -0.25) is 0 Å². The summed E-state index contributed by atoms with van der Waals surface area (Å²) in [6, 6.07) is 8.07. The summed E-state index contributed by atoms with van der Waals surface area (Å²) in [7, 11) is 0. The third kappa shape index (κ3) is 7.16. The molecule has 0 bridgehead atoms. The van der Waals surface area contributed by atoms with Crippen LogP contribution in [0.5, 0.6) is 0 Å². The van der Waals surface area contributed by atoms with Crippen LogP contribution < -0.4 is 5.32 Å². The fourth-order valence-electron chi connectivity index (χ4n) is 1.74. The molecule has 0 saturated heterocycles. The second kappa shape index (κ2) is 10.1. The number of hydrogen-bond acceptors (Lipinski definition) is 4. The zero-order chi connectivity index (χ0) is 16.2. The second-order valence-corrected chi connectivity index (χ2v) is 4.55. The summed E-state index contributed by atoms with van der Waals surface area (Å²) in [6.07, 6.45) is 0.562. The van der Waals surface area contributed by atoms with Gasteiger partial charge in [-0.15, -0.1) is 0 Å². The minimum absolute atomic E-state index is 0.0793. The molecule has 0 aliphatic rings. The monoisotopic (exact) mass is 306 g/mol. The summed E-state index contributed by atoms with van der Waals surface area (Å²) < 4.78 is 4.97. The Hall–Kier alpha value is -2.73. The number of carbonyl (C=O) groups excluding carboxylic acids is 1. The first-order valence-corrected chi connectivity index (χ1v) is 6.84. The average Bonchev–Trinajstić information content (AvgIpc) is 2.52. The van der Waals surface area contributed by atoms with Crippen molar-refractivity contribution in [3.05, 3.63) is 46.3 Å². The summed E-state index contributed by atoms with van der Waals surface area (Å²) >= 11 is 0. The van der Waals surface area contributed by atoms with E-state index < -0.39 is 18.1 Å². The first kappa shape index (κ1) is 17.3. The molecule has 1 aromatic carbocycles. The van der Waals surface area contributed by atoms with Gasteiger partial charge in [-0.05, 0) is 23.9 Å². The maximum absolute atomic E-state index is 11.6. The van der Waals surface area contributed by atoms with Crippen molar-refractivity contribution in [3.8, 4) is 0 Å². The van der Waals surface area contributed by atoms with Gasteiger partial charge < -0.3 is 15.2 Å². The molecule has 2 N–H and O–H groups in total. The van der Waals surface area contributed by atoms with Gasteiger partial charge in [-0.2, -0.15) is 0 Å². The van der Waals surface area contributed by atoms with Crippen molar-refractivity contribution < 1.29 is 19.4 Å². The number of ether oxygens (including phenoxy) is 1. The molecule has 0 aliphatic heterocycles. The van der Waals surface area contributed by atoms with Gasteiger partial charge in [-0.1, -0.05) is 41.9 Å². The number of hydrogen-bond donors (Lipinski definition) is 2. The Balaban J connectivity index is 2.33. The third-order valence-corrected chi connectivity index (χ3v) is 2.87. The molecule has 0 unspecified atom stereocenters. The Kier molecular flexibility index (Phi) is 7.92. The lowest BCUT2D eigenvalue weighted by atomic mass is 10.1. The van der Waals surface area contributed by atoms with E-state index in [2.05, 4.69) is 15.3 Å². The van der Waals surface area contributed by atoms with Gasteiger partial charge in [0.1, 0.15) is 12.6 Å². The molecule has 0 radical (unpaired) electrons. The number of carboxylic acids is 1. The molecule has 0 saturated carbocycles. The van der Waals surface area contributed by atoms with E-state index in [0.29, 0.717) is 19.4 Å². The van der Waals surface area contributed by atoms with E-state index in [1.807, 2.05) is 18.2 Å². The van der Waals surface area contributed by atoms with Crippen LogP contribution in [-0.2, 0) is 16.1 Å². The Morgan fingerprint density at radius 2 is 2.05 bits per heavy atom. The Bertz CT molecular complexity index is 529. The fraction of sp³-hybridized carbons (Fsp3) is 0.429. The van der Waals surface area contributed by atoms with Crippen molar-refractivity contribution >= 4 is 12.1 Å². The van der Waals surface area contributed by atoms with Crippen molar-refractivity contribution in [2.75, 3.05) is 6.54 Å². The molecule has 22 heavy (non-hydrogen) atoms. The summed E-state index contributed by atoms with van der Waals surface area (Å²) in [5, 5.41) is 14.7. The Morgan fingerprint density at radius 1 is 1.32 bits per heavy atom. The molecule has 1 amide bonds. The van der Waals surface area contributed by atoms with E-state index in [1.165, 1.54) is 0 Å². The highest BCUT2D eigenvalue weighted by atomic mass is 16.5. The largest absolute Gasteiger partial charge is 0.480 e. The molecule has 1 atom stereocenters. The number of amides is 1. The molecule has 1 rings (SSSR count). The maximum Gasteiger partial charge on any atom is 0.408 e. The molecule has 0 fully saturated rings. The number of nitrogens with zero attached hydrogens (tertiary/aromatic N) is 3. The maximum atomic E-state index is 11.6. The summed E-state index contributed by atoms with van der Waals surface area (Å²) in [5.74, 6) is -1.12. The quantitative estimate of drug-likeness (QED) is 0.315. The van der Waals surface area contributed by atoms with Crippen LogP contribution in [0, 0.1) is 0 Å². The predicted octanol–water partition coefficient (Wildman–Crippen LogP) is 2.85. The first-order valence-electron chi connectivity index (χ1n) is 6.84. The number of rotatable bonds is 9. The van der Waals surface area contributed by atoms with E-state index in [0.717, 1.165) is 5.56 Å². The number of nitrogens with one attached hydrogen (secondary N) is 1. The van der Waals surface area contributed by atoms with Gasteiger partial charge in [0.25, 0.3) is 0 Å². The van der Waals surface area contributed by atoms with E-state index in [1.54, 1.807) is 12.1 Å². The van der Waals surface area contributed by atoms with Crippen molar-refractivity contribution in [2.45, 2.75) is 31.9 Å². The highest BCUT2D eigenvalue weighted by Gasteiger charge is 2.20. The number of alkyl carbamates (subject to hydrolysis) is 1. The number of azide groups is 1. The third-order valence-electron chi connectivity index (χ3n) is 2.87. The van der Waals surface area contributed by atoms with Crippen molar-refractivity contribution in [1.29, 1.82) is 0 Å². The predicted molar refractivity (Wildman–Crippen MR) is 79.1 cm³/mol. The average molecular weight is 306 g/mol. The smallest absolute Gasteiger partial charge is 0.408 e. The van der Waals surface area contributed by atoms with Crippen molar-refractivity contribution in [1.82, 2.24) is 5.32 Å². The summed E-state index contributed by atoms with van der Waals surface area (Å²) in [6.45, 7) is 0.386. The van der Waals surface area contributed by atoms with Gasteiger partial charge in [0.15, 0.2) is 0 Å². The topological polar surface area (TPSA) is 124 Å². The lowest BCUT2D eigenvalue weighted by Crippen LogP contribution is -2.41. The lowest BCUT2D eigenvalue weighted by Gasteiger charge is -2.14. The molecule has 0 aromatic heterocycles. The van der Waals surface area contributed by atoms with E-state index in [4.69, 9.17) is 15.4 Å².